The van der Waals surface area contributed by atoms with Gasteiger partial charge in [0.1, 0.15) is 0 Å². The van der Waals surface area contributed by atoms with Crippen LogP contribution >= 0.6 is 0 Å². The monoisotopic (exact) mass is 509 g/mol. The Morgan fingerprint density at radius 3 is 1.92 bits per heavy atom. The molecule has 0 aromatic carbocycles. The fraction of sp³-hybridized carbons (Fsp3) is 0.968. The molecule has 5 nitrogen and oxygen atoms in total. The summed E-state index contributed by atoms with van der Waals surface area (Å²) < 4.78 is 5.48. The first-order valence-electron chi connectivity index (χ1n) is 15.9. The number of amides is 1. The van der Waals surface area contributed by atoms with Gasteiger partial charge in [-0.25, -0.2) is 4.79 Å². The van der Waals surface area contributed by atoms with Gasteiger partial charge in [0.15, 0.2) is 0 Å². The van der Waals surface area contributed by atoms with Crippen LogP contribution in [-0.4, -0.2) is 68.8 Å². The standard InChI is InChI=1S/C31H63N3O2/c1-4-5-6-7-8-9-10-11-12-13-14-15-16-17-18-20-25-32-31(35)36-29-24-30-23-19-21-27-34(30)28-22-26-33(2)3/h30H,4-29H2,1-3H3,(H,32,35). The van der Waals surface area contributed by atoms with Crippen LogP contribution < -0.4 is 5.32 Å². The van der Waals surface area contributed by atoms with Crippen molar-refractivity contribution in [2.45, 2.75) is 148 Å². The van der Waals surface area contributed by atoms with Crippen LogP contribution in [0.1, 0.15) is 142 Å². The summed E-state index contributed by atoms with van der Waals surface area (Å²) in [6.07, 6.45) is 27.7. The summed E-state index contributed by atoms with van der Waals surface area (Å²) in [6.45, 7) is 7.08. The minimum atomic E-state index is -0.231. The van der Waals surface area contributed by atoms with Crippen LogP contribution in [0.4, 0.5) is 4.79 Å². The Balaban J connectivity index is 1.85. The van der Waals surface area contributed by atoms with E-state index in [4.69, 9.17) is 4.74 Å². The van der Waals surface area contributed by atoms with E-state index in [0.717, 1.165) is 32.5 Å². The molecule has 1 fully saturated rings. The molecule has 214 valence electrons. The van der Waals surface area contributed by atoms with Gasteiger partial charge in [0.2, 0.25) is 0 Å². The summed E-state index contributed by atoms with van der Waals surface area (Å²) in [5.41, 5.74) is 0. The summed E-state index contributed by atoms with van der Waals surface area (Å²) in [5.74, 6) is 0. The Morgan fingerprint density at radius 2 is 1.36 bits per heavy atom. The lowest BCUT2D eigenvalue weighted by molar-refractivity contribution is 0.0980. The maximum absolute atomic E-state index is 12.0. The fourth-order valence-corrected chi connectivity index (χ4v) is 5.47. The molecule has 0 aromatic rings. The molecule has 1 saturated heterocycles. The lowest BCUT2D eigenvalue weighted by Gasteiger charge is -2.36. The van der Waals surface area contributed by atoms with Crippen molar-refractivity contribution in [1.82, 2.24) is 15.1 Å². The summed E-state index contributed by atoms with van der Waals surface area (Å²) >= 11 is 0. The summed E-state index contributed by atoms with van der Waals surface area (Å²) in [4.78, 5) is 16.9. The highest BCUT2D eigenvalue weighted by Gasteiger charge is 2.22. The van der Waals surface area contributed by atoms with Gasteiger partial charge < -0.3 is 19.9 Å². The lowest BCUT2D eigenvalue weighted by Crippen LogP contribution is -2.41. The molecule has 0 spiro atoms. The van der Waals surface area contributed by atoms with E-state index in [-0.39, 0.29) is 6.09 Å². The van der Waals surface area contributed by atoms with E-state index in [9.17, 15) is 4.79 Å². The molecule has 1 N–H and O–H groups in total. The smallest absolute Gasteiger partial charge is 0.407 e. The third-order valence-corrected chi connectivity index (χ3v) is 7.78. The van der Waals surface area contributed by atoms with Crippen LogP contribution in [0.15, 0.2) is 0 Å². The lowest BCUT2D eigenvalue weighted by atomic mass is 9.99. The molecule has 1 unspecified atom stereocenters. The number of rotatable bonds is 24. The maximum atomic E-state index is 12.0. The predicted molar refractivity (Wildman–Crippen MR) is 156 cm³/mol. The number of unbranched alkanes of at least 4 members (excludes halogenated alkanes) is 15. The van der Waals surface area contributed by atoms with Crippen LogP contribution in [0.3, 0.4) is 0 Å². The minimum Gasteiger partial charge on any atom is -0.450 e. The van der Waals surface area contributed by atoms with Gasteiger partial charge in [-0.05, 0) is 65.8 Å². The van der Waals surface area contributed by atoms with Gasteiger partial charge in [0.05, 0.1) is 6.61 Å². The molecule has 1 heterocycles. The first kappa shape index (κ1) is 33.2. The number of likely N-dealkylation sites (tertiary alicyclic amines) is 1. The molecule has 1 aliphatic heterocycles. The Labute approximate surface area is 225 Å². The minimum absolute atomic E-state index is 0.231. The Bertz CT molecular complexity index is 486. The first-order chi connectivity index (χ1) is 17.6. The number of hydrogen-bond acceptors (Lipinski definition) is 4. The summed E-state index contributed by atoms with van der Waals surface area (Å²) in [7, 11) is 4.28. The molecular weight excluding hydrogens is 446 g/mol. The average molecular weight is 510 g/mol. The Kier molecular flexibility index (Phi) is 22.6. The van der Waals surface area contributed by atoms with Crippen molar-refractivity contribution in [2.75, 3.05) is 46.9 Å². The van der Waals surface area contributed by atoms with E-state index < -0.39 is 0 Å². The number of piperidine rings is 1. The summed E-state index contributed by atoms with van der Waals surface area (Å²) in [5, 5.41) is 2.95. The Morgan fingerprint density at radius 1 is 0.806 bits per heavy atom. The molecule has 1 aliphatic rings. The second-order valence-corrected chi connectivity index (χ2v) is 11.5. The number of carbonyl (C=O) groups is 1. The van der Waals surface area contributed by atoms with Crippen LogP contribution in [0.25, 0.3) is 0 Å². The van der Waals surface area contributed by atoms with E-state index in [1.807, 2.05) is 0 Å². The second-order valence-electron chi connectivity index (χ2n) is 11.5. The highest BCUT2D eigenvalue weighted by atomic mass is 16.5. The third-order valence-electron chi connectivity index (χ3n) is 7.78. The first-order valence-corrected chi connectivity index (χ1v) is 15.9. The Hall–Kier alpha value is -0.810. The van der Waals surface area contributed by atoms with E-state index in [1.54, 1.807) is 0 Å². The van der Waals surface area contributed by atoms with Crippen molar-refractivity contribution in [3.8, 4) is 0 Å². The largest absolute Gasteiger partial charge is 0.450 e. The molecule has 0 radical (unpaired) electrons. The molecule has 0 aliphatic carbocycles. The number of nitrogens with zero attached hydrogens (tertiary/aromatic N) is 2. The van der Waals surface area contributed by atoms with E-state index in [2.05, 4.69) is 36.1 Å². The van der Waals surface area contributed by atoms with E-state index in [0.29, 0.717) is 12.6 Å². The molecule has 1 atom stereocenters. The molecule has 0 saturated carbocycles. The number of ether oxygens (including phenoxy) is 1. The van der Waals surface area contributed by atoms with Gasteiger partial charge in [-0.3, -0.25) is 0 Å². The highest BCUT2D eigenvalue weighted by Crippen LogP contribution is 2.20. The van der Waals surface area contributed by atoms with Gasteiger partial charge >= 0.3 is 6.09 Å². The van der Waals surface area contributed by atoms with Gasteiger partial charge in [0, 0.05) is 12.6 Å². The predicted octanol–water partition coefficient (Wildman–Crippen LogP) is 8.17. The molecule has 0 bridgehead atoms. The second kappa shape index (κ2) is 24.5. The third kappa shape index (κ3) is 20.3. The summed E-state index contributed by atoms with van der Waals surface area (Å²) in [6, 6.07) is 0.578. The van der Waals surface area contributed by atoms with Crippen molar-refractivity contribution in [1.29, 1.82) is 0 Å². The van der Waals surface area contributed by atoms with Gasteiger partial charge in [-0.2, -0.15) is 0 Å². The fourth-order valence-electron chi connectivity index (χ4n) is 5.47. The number of hydrogen-bond donors (Lipinski definition) is 1. The molecular formula is C31H63N3O2. The van der Waals surface area contributed by atoms with E-state index >= 15 is 0 Å². The molecule has 0 aromatic heterocycles. The van der Waals surface area contributed by atoms with Crippen molar-refractivity contribution in [3.63, 3.8) is 0 Å². The molecule has 5 heteroatoms. The van der Waals surface area contributed by atoms with Crippen LogP contribution in [0.5, 0.6) is 0 Å². The van der Waals surface area contributed by atoms with Crippen LogP contribution in [0.2, 0.25) is 0 Å². The highest BCUT2D eigenvalue weighted by molar-refractivity contribution is 5.66. The van der Waals surface area contributed by atoms with Crippen molar-refractivity contribution >= 4 is 6.09 Å². The average Bonchev–Trinajstić information content (AvgIpc) is 2.86. The van der Waals surface area contributed by atoms with Gasteiger partial charge in [-0.1, -0.05) is 110 Å². The zero-order chi connectivity index (χ0) is 26.1. The van der Waals surface area contributed by atoms with Crippen molar-refractivity contribution in [2.24, 2.45) is 0 Å². The molecule has 1 amide bonds. The number of alkyl carbamates (subject to hydrolysis) is 1. The van der Waals surface area contributed by atoms with Crippen molar-refractivity contribution < 1.29 is 9.53 Å². The quantitative estimate of drug-likeness (QED) is 0.133. The normalized spacial score (nSPS) is 16.5. The topological polar surface area (TPSA) is 44.8 Å². The van der Waals surface area contributed by atoms with Crippen molar-refractivity contribution in [3.05, 3.63) is 0 Å². The zero-order valence-corrected chi connectivity index (χ0v) is 24.7. The zero-order valence-electron chi connectivity index (χ0n) is 24.7. The van der Waals surface area contributed by atoms with Gasteiger partial charge in [-0.15, -0.1) is 0 Å². The SMILES string of the molecule is CCCCCCCCCCCCCCCCCCNC(=O)OCCC1CCCCN1CCCN(C)C. The number of nitrogens with one attached hydrogen (secondary N) is 1. The molecule has 36 heavy (non-hydrogen) atoms. The number of carbonyl (C=O) groups excluding carboxylic acids is 1. The molecule has 1 rings (SSSR count). The van der Waals surface area contributed by atoms with Gasteiger partial charge in [0.25, 0.3) is 0 Å². The maximum Gasteiger partial charge on any atom is 0.407 e. The van der Waals surface area contributed by atoms with E-state index in [1.165, 1.54) is 129 Å². The van der Waals surface area contributed by atoms with Crippen LogP contribution in [0, 0.1) is 0 Å². The van der Waals surface area contributed by atoms with Crippen LogP contribution in [-0.2, 0) is 4.74 Å².